The monoisotopic (exact) mass is 275 g/mol. The average Bonchev–Trinajstić information content (AvgIpc) is 2.41. The van der Waals surface area contributed by atoms with E-state index in [1.54, 1.807) is 24.3 Å². The number of nitrogens with one attached hydrogen (secondary N) is 1. The number of para-hydroxylation sites is 1. The van der Waals surface area contributed by atoms with Crippen LogP contribution in [0.3, 0.4) is 0 Å². The van der Waals surface area contributed by atoms with Crippen LogP contribution < -0.4 is 5.43 Å². The molecule has 0 unspecified atom stereocenters. The summed E-state index contributed by atoms with van der Waals surface area (Å²) in [7, 11) is 0. The molecule has 1 aromatic carbocycles. The highest BCUT2D eigenvalue weighted by Crippen LogP contribution is 2.12. The van der Waals surface area contributed by atoms with Crippen molar-refractivity contribution in [2.24, 2.45) is 5.10 Å². The number of carbonyl (C=O) groups excluding carboxylic acids is 1. The zero-order valence-corrected chi connectivity index (χ0v) is 10.5. The number of aromatic hydroxyl groups is 1. The molecule has 0 fully saturated rings. The number of rotatable bonds is 3. The van der Waals surface area contributed by atoms with E-state index >= 15 is 0 Å². The van der Waals surface area contributed by atoms with Gasteiger partial charge in [-0.05, 0) is 24.3 Å². The molecule has 1 amide bonds. The zero-order valence-electron chi connectivity index (χ0n) is 9.75. The Labute approximate surface area is 114 Å². The maximum atomic E-state index is 11.7. The summed E-state index contributed by atoms with van der Waals surface area (Å²) in [6.07, 6.45) is 2.78. The first-order valence-corrected chi connectivity index (χ1v) is 5.77. The molecular formula is C13H10ClN3O2. The molecule has 2 aromatic rings. The average molecular weight is 276 g/mol. The highest BCUT2D eigenvalue weighted by atomic mass is 35.5. The van der Waals surface area contributed by atoms with E-state index in [1.807, 2.05) is 0 Å². The first kappa shape index (κ1) is 13.0. The SMILES string of the molecule is O=C(N/N=C/c1ccccc1O)c1cc(Cl)ccn1. The number of nitrogens with zero attached hydrogens (tertiary/aromatic N) is 2. The third-order valence-electron chi connectivity index (χ3n) is 2.26. The van der Waals surface area contributed by atoms with Gasteiger partial charge in [-0.3, -0.25) is 9.78 Å². The minimum absolute atomic E-state index is 0.0846. The molecule has 2 rings (SSSR count). The molecule has 1 aromatic heterocycles. The summed E-state index contributed by atoms with van der Waals surface area (Å²) >= 11 is 5.75. The molecule has 0 aliphatic carbocycles. The molecule has 0 radical (unpaired) electrons. The Morgan fingerprint density at radius 1 is 1.37 bits per heavy atom. The molecule has 96 valence electrons. The Bertz CT molecular complexity index is 629. The molecule has 19 heavy (non-hydrogen) atoms. The fourth-order valence-electron chi connectivity index (χ4n) is 1.34. The van der Waals surface area contributed by atoms with Crippen LogP contribution in [0.25, 0.3) is 0 Å². The number of phenolic OH excluding ortho intramolecular Hbond substituents is 1. The van der Waals surface area contributed by atoms with Crippen LogP contribution in [-0.2, 0) is 0 Å². The quantitative estimate of drug-likeness (QED) is 0.666. The summed E-state index contributed by atoms with van der Waals surface area (Å²) in [4.78, 5) is 15.5. The second kappa shape index (κ2) is 5.97. The van der Waals surface area contributed by atoms with Gasteiger partial charge in [0.1, 0.15) is 11.4 Å². The fourth-order valence-corrected chi connectivity index (χ4v) is 1.50. The lowest BCUT2D eigenvalue weighted by atomic mass is 10.2. The third-order valence-corrected chi connectivity index (χ3v) is 2.50. The number of aromatic nitrogens is 1. The van der Waals surface area contributed by atoms with E-state index in [9.17, 15) is 9.90 Å². The summed E-state index contributed by atoms with van der Waals surface area (Å²) in [5.41, 5.74) is 2.97. The Balaban J connectivity index is 2.03. The second-order valence-electron chi connectivity index (χ2n) is 3.62. The number of hydrazone groups is 1. The number of carbonyl (C=O) groups is 1. The molecule has 1 heterocycles. The minimum Gasteiger partial charge on any atom is -0.507 e. The predicted octanol–water partition coefficient (Wildman–Crippen LogP) is 2.20. The summed E-state index contributed by atoms with van der Waals surface area (Å²) in [6.45, 7) is 0. The normalized spacial score (nSPS) is 10.6. The Morgan fingerprint density at radius 2 is 2.16 bits per heavy atom. The first-order valence-electron chi connectivity index (χ1n) is 5.40. The number of hydrogen-bond acceptors (Lipinski definition) is 4. The van der Waals surface area contributed by atoms with Crippen LogP contribution in [0.4, 0.5) is 0 Å². The molecule has 6 heteroatoms. The number of hydrogen-bond donors (Lipinski definition) is 2. The van der Waals surface area contributed by atoms with E-state index in [0.29, 0.717) is 10.6 Å². The number of pyridine rings is 1. The molecule has 0 atom stereocenters. The molecule has 0 saturated carbocycles. The van der Waals surface area contributed by atoms with Crippen LogP contribution in [0.2, 0.25) is 5.02 Å². The van der Waals surface area contributed by atoms with Crippen LogP contribution in [0.15, 0.2) is 47.7 Å². The van der Waals surface area contributed by atoms with Gasteiger partial charge in [0.15, 0.2) is 0 Å². The van der Waals surface area contributed by atoms with Crippen LogP contribution in [0.1, 0.15) is 16.1 Å². The lowest BCUT2D eigenvalue weighted by Crippen LogP contribution is -2.18. The van der Waals surface area contributed by atoms with Crippen LogP contribution in [-0.4, -0.2) is 22.2 Å². The third kappa shape index (κ3) is 3.53. The van der Waals surface area contributed by atoms with E-state index in [4.69, 9.17) is 11.6 Å². The van der Waals surface area contributed by atoms with Crippen molar-refractivity contribution in [3.63, 3.8) is 0 Å². The molecule has 5 nitrogen and oxygen atoms in total. The molecule has 0 aliphatic rings. The number of phenols is 1. The molecular weight excluding hydrogens is 266 g/mol. The van der Waals surface area contributed by atoms with Crippen molar-refractivity contribution in [1.29, 1.82) is 0 Å². The van der Waals surface area contributed by atoms with Gasteiger partial charge in [-0.1, -0.05) is 23.7 Å². The van der Waals surface area contributed by atoms with Gasteiger partial charge in [-0.2, -0.15) is 5.10 Å². The summed E-state index contributed by atoms with van der Waals surface area (Å²) in [5.74, 6) is -0.393. The van der Waals surface area contributed by atoms with Gasteiger partial charge in [0.05, 0.1) is 6.21 Å². The van der Waals surface area contributed by atoms with Gasteiger partial charge in [-0.15, -0.1) is 0 Å². The highest BCUT2D eigenvalue weighted by molar-refractivity contribution is 6.30. The van der Waals surface area contributed by atoms with Crippen molar-refractivity contribution in [2.75, 3.05) is 0 Å². The summed E-state index contributed by atoms with van der Waals surface area (Å²) < 4.78 is 0. The molecule has 2 N–H and O–H groups in total. The first-order chi connectivity index (χ1) is 9.16. The van der Waals surface area contributed by atoms with Crippen molar-refractivity contribution in [1.82, 2.24) is 10.4 Å². The maximum Gasteiger partial charge on any atom is 0.289 e. The van der Waals surface area contributed by atoms with E-state index in [2.05, 4.69) is 15.5 Å². The Morgan fingerprint density at radius 3 is 2.89 bits per heavy atom. The second-order valence-corrected chi connectivity index (χ2v) is 4.05. The predicted molar refractivity (Wildman–Crippen MR) is 72.4 cm³/mol. The zero-order chi connectivity index (χ0) is 13.7. The van der Waals surface area contributed by atoms with Gasteiger partial charge in [0, 0.05) is 16.8 Å². The van der Waals surface area contributed by atoms with Crippen LogP contribution >= 0.6 is 11.6 Å². The van der Waals surface area contributed by atoms with E-state index < -0.39 is 5.91 Å². The lowest BCUT2D eigenvalue weighted by Gasteiger charge is -2.00. The lowest BCUT2D eigenvalue weighted by molar-refractivity contribution is 0.0950. The molecule has 0 bridgehead atoms. The van der Waals surface area contributed by atoms with Gasteiger partial charge >= 0.3 is 0 Å². The minimum atomic E-state index is -0.478. The molecule has 0 saturated heterocycles. The van der Waals surface area contributed by atoms with Gasteiger partial charge < -0.3 is 5.11 Å². The van der Waals surface area contributed by atoms with Gasteiger partial charge in [-0.25, -0.2) is 5.43 Å². The standard InChI is InChI=1S/C13H10ClN3O2/c14-10-5-6-15-11(7-10)13(19)17-16-8-9-3-1-2-4-12(9)18/h1-8,18H,(H,17,19)/b16-8+. The maximum absolute atomic E-state index is 11.7. The van der Waals surface area contributed by atoms with Crippen molar-refractivity contribution in [2.45, 2.75) is 0 Å². The van der Waals surface area contributed by atoms with Gasteiger partial charge in [0.2, 0.25) is 0 Å². The number of amides is 1. The smallest absolute Gasteiger partial charge is 0.289 e. The molecule has 0 aliphatic heterocycles. The van der Waals surface area contributed by atoms with E-state index in [1.165, 1.54) is 24.5 Å². The van der Waals surface area contributed by atoms with Crippen LogP contribution in [0.5, 0.6) is 5.75 Å². The number of benzene rings is 1. The van der Waals surface area contributed by atoms with E-state index in [-0.39, 0.29) is 11.4 Å². The topological polar surface area (TPSA) is 74.6 Å². The fraction of sp³-hybridized carbons (Fsp3) is 0. The van der Waals surface area contributed by atoms with Gasteiger partial charge in [0.25, 0.3) is 5.91 Å². The van der Waals surface area contributed by atoms with Crippen molar-refractivity contribution >= 4 is 23.7 Å². The summed E-state index contributed by atoms with van der Waals surface area (Å²) in [5, 5.41) is 13.7. The summed E-state index contributed by atoms with van der Waals surface area (Å²) in [6, 6.07) is 9.66. The Kier molecular flexibility index (Phi) is 4.10. The van der Waals surface area contributed by atoms with E-state index in [0.717, 1.165) is 0 Å². The molecule has 0 spiro atoms. The Hall–Kier alpha value is -2.40. The van der Waals surface area contributed by atoms with Crippen molar-refractivity contribution < 1.29 is 9.90 Å². The van der Waals surface area contributed by atoms with Crippen molar-refractivity contribution in [3.8, 4) is 5.75 Å². The van der Waals surface area contributed by atoms with Crippen LogP contribution in [0, 0.1) is 0 Å². The highest BCUT2D eigenvalue weighted by Gasteiger charge is 2.05. The van der Waals surface area contributed by atoms with Crippen molar-refractivity contribution in [3.05, 3.63) is 58.9 Å². The number of halogens is 1. The largest absolute Gasteiger partial charge is 0.507 e.